The van der Waals surface area contributed by atoms with Crippen LogP contribution in [-0.2, 0) is 33.4 Å². The van der Waals surface area contributed by atoms with Gasteiger partial charge in [0.25, 0.3) is 0 Å². The molecule has 3 saturated heterocycles. The molecule has 0 spiro atoms. The lowest BCUT2D eigenvalue weighted by molar-refractivity contribution is -0.295. The maximum atomic E-state index is 14.1. The van der Waals surface area contributed by atoms with Crippen molar-refractivity contribution in [3.63, 3.8) is 0 Å². The van der Waals surface area contributed by atoms with Crippen molar-refractivity contribution in [1.29, 1.82) is 0 Å². The second-order valence-electron chi connectivity index (χ2n) is 14.6. The topological polar surface area (TPSA) is 169 Å². The average molecular weight is 696 g/mol. The lowest BCUT2D eigenvalue weighted by atomic mass is 9.77. The molecule has 0 aromatic carbocycles. The zero-order chi connectivity index (χ0) is 36.7. The summed E-state index contributed by atoms with van der Waals surface area (Å²) < 4.78 is 24.7. The van der Waals surface area contributed by atoms with E-state index in [-0.39, 0.29) is 37.5 Å². The number of carbonyl (C=O) groups is 2. The van der Waals surface area contributed by atoms with Crippen molar-refractivity contribution in [3.05, 3.63) is 0 Å². The van der Waals surface area contributed by atoms with Crippen molar-refractivity contribution in [2.24, 2.45) is 22.9 Å². The number of Topliss-reactive ketones (excluding diaryl/α,β-unsaturated/α-hetero) is 1. The van der Waals surface area contributed by atoms with Crippen molar-refractivity contribution >= 4 is 17.5 Å². The summed E-state index contributed by atoms with van der Waals surface area (Å²) in [6.45, 7) is 13.7. The van der Waals surface area contributed by atoms with E-state index >= 15 is 0 Å². The van der Waals surface area contributed by atoms with Gasteiger partial charge in [-0.15, -0.1) is 12.3 Å². The third-order valence-electron chi connectivity index (χ3n) is 10.9. The molecular formula is C36H61N3O10. The summed E-state index contributed by atoms with van der Waals surface area (Å²) in [6, 6.07) is -0.323. The third-order valence-corrected chi connectivity index (χ3v) is 10.9. The highest BCUT2D eigenvalue weighted by Gasteiger charge is 2.50. The Morgan fingerprint density at radius 2 is 1.86 bits per heavy atom. The molecule has 3 heterocycles. The Kier molecular flexibility index (Phi) is 15.0. The average Bonchev–Trinajstić information content (AvgIpc) is 3.61. The fourth-order valence-electron chi connectivity index (χ4n) is 7.27. The van der Waals surface area contributed by atoms with E-state index in [1.165, 1.54) is 21.0 Å². The molecule has 0 amide bonds. The first-order valence-electron chi connectivity index (χ1n) is 17.8. The maximum Gasteiger partial charge on any atom is 0.316 e. The Morgan fingerprint density at radius 3 is 2.45 bits per heavy atom. The lowest BCUT2D eigenvalue weighted by Gasteiger charge is -2.47. The molecule has 13 atom stereocenters. The van der Waals surface area contributed by atoms with Crippen LogP contribution in [0, 0.1) is 30.1 Å². The number of rotatable bonds is 9. The predicted molar refractivity (Wildman–Crippen MR) is 183 cm³/mol. The molecule has 3 fully saturated rings. The lowest BCUT2D eigenvalue weighted by Crippen LogP contribution is -2.59. The highest BCUT2D eigenvalue weighted by molar-refractivity contribution is 6.00. The number of likely N-dealkylation sites (N-methyl/N-ethyl adjacent to an activating group) is 1. The van der Waals surface area contributed by atoms with Crippen LogP contribution in [0.4, 0.5) is 0 Å². The van der Waals surface area contributed by atoms with Gasteiger partial charge in [0.05, 0.1) is 29.6 Å². The number of aliphatic hydroxyl groups excluding tert-OH is 2. The minimum atomic E-state index is -1.87. The van der Waals surface area contributed by atoms with E-state index in [0.29, 0.717) is 31.6 Å². The first-order chi connectivity index (χ1) is 23.0. The number of nitrogens with zero attached hydrogens (tertiary/aromatic N) is 2. The summed E-state index contributed by atoms with van der Waals surface area (Å²) in [7, 11) is 3.40. The number of esters is 1. The Labute approximate surface area is 292 Å². The number of nitrogens with one attached hydrogen (secondary N) is 1. The van der Waals surface area contributed by atoms with E-state index in [9.17, 15) is 24.9 Å². The molecule has 0 unspecified atom stereocenters. The van der Waals surface area contributed by atoms with Gasteiger partial charge in [0, 0.05) is 50.9 Å². The van der Waals surface area contributed by atoms with Gasteiger partial charge in [-0.1, -0.05) is 25.9 Å². The molecule has 0 aromatic rings. The summed E-state index contributed by atoms with van der Waals surface area (Å²) in [5, 5.41) is 42.5. The number of methoxy groups -OCH3 is 1. The maximum absolute atomic E-state index is 14.1. The number of carbonyl (C=O) groups excluding carboxylic acids is 2. The van der Waals surface area contributed by atoms with Crippen molar-refractivity contribution in [2.45, 2.75) is 147 Å². The molecule has 0 bridgehead atoms. The first-order valence-corrected chi connectivity index (χ1v) is 17.8. The van der Waals surface area contributed by atoms with Crippen LogP contribution in [0.5, 0.6) is 0 Å². The number of ether oxygens (including phenoxy) is 4. The van der Waals surface area contributed by atoms with Crippen molar-refractivity contribution in [1.82, 2.24) is 10.2 Å². The van der Waals surface area contributed by atoms with Crippen LogP contribution in [0.2, 0.25) is 0 Å². The van der Waals surface area contributed by atoms with E-state index in [1.54, 1.807) is 27.7 Å². The fraction of sp³-hybridized carbons (Fsp3) is 0.861. The molecule has 0 radical (unpaired) electrons. The van der Waals surface area contributed by atoms with Crippen LogP contribution < -0.4 is 5.32 Å². The Hall–Kier alpha value is -2.15. The van der Waals surface area contributed by atoms with E-state index in [1.807, 2.05) is 18.9 Å². The van der Waals surface area contributed by atoms with Crippen LogP contribution >= 0.6 is 0 Å². The van der Waals surface area contributed by atoms with Gasteiger partial charge < -0.3 is 44.4 Å². The summed E-state index contributed by atoms with van der Waals surface area (Å²) in [5.41, 5.74) is -2.60. The zero-order valence-corrected chi connectivity index (χ0v) is 30.9. The van der Waals surface area contributed by atoms with Crippen LogP contribution in [0.1, 0.15) is 87.0 Å². The summed E-state index contributed by atoms with van der Waals surface area (Å²) in [4.78, 5) is 35.5. The molecule has 4 N–H and O–H groups in total. The normalized spacial score (nSPS) is 42.4. The first kappa shape index (κ1) is 41.3. The summed E-state index contributed by atoms with van der Waals surface area (Å²) in [5.74, 6) is -1.54. The van der Waals surface area contributed by atoms with Crippen LogP contribution in [0.3, 0.4) is 0 Å². The number of ketones is 1. The number of cyclic esters (lactones) is 1. The second-order valence-corrected chi connectivity index (χ2v) is 14.6. The van der Waals surface area contributed by atoms with Gasteiger partial charge in [-0.25, -0.2) is 0 Å². The predicted octanol–water partition coefficient (Wildman–Crippen LogP) is 2.04. The molecular weight excluding hydrogens is 634 g/mol. The Bertz CT molecular complexity index is 1170. The third kappa shape index (κ3) is 9.80. The number of hydrogen-bond donors (Lipinski definition) is 4. The smallest absolute Gasteiger partial charge is 0.316 e. The van der Waals surface area contributed by atoms with Gasteiger partial charge in [0.15, 0.2) is 12.1 Å². The molecule has 13 nitrogen and oxygen atoms in total. The minimum absolute atomic E-state index is 0.155. The molecule has 13 heteroatoms. The monoisotopic (exact) mass is 695 g/mol. The molecule has 3 aliphatic rings. The fourth-order valence-corrected chi connectivity index (χ4v) is 7.27. The van der Waals surface area contributed by atoms with Gasteiger partial charge in [0.2, 0.25) is 0 Å². The second kappa shape index (κ2) is 17.9. The number of terminal acetylenes is 1. The van der Waals surface area contributed by atoms with E-state index in [4.69, 9.17) is 30.2 Å². The van der Waals surface area contributed by atoms with E-state index < -0.39 is 71.4 Å². The van der Waals surface area contributed by atoms with Crippen molar-refractivity contribution < 1.29 is 48.7 Å². The van der Waals surface area contributed by atoms with Crippen molar-refractivity contribution in [2.75, 3.05) is 33.8 Å². The molecule has 3 rings (SSSR count). The minimum Gasteiger partial charge on any atom is -0.459 e. The largest absolute Gasteiger partial charge is 0.459 e. The Balaban J connectivity index is 2.07. The highest BCUT2D eigenvalue weighted by atomic mass is 16.7. The quantitative estimate of drug-likeness (QED) is 0.120. The zero-order valence-electron chi connectivity index (χ0n) is 30.9. The SMILES string of the molecule is C#CCCN(C)[C@H]1C[C@@H](C)O[C@@H](O[C@@H]2[C@@H](C)C(=O)[C@@H](C)C(=O)O[C@H](CC)[C@@](C)(O)[C@H](O)[C@@H](C)/C(=N/O[C@@H]3CCNC3)CC[C@@]2(C)OC)[C@@H]1O. The molecule has 49 heavy (non-hydrogen) atoms. The molecule has 0 aromatic heterocycles. The number of hydrogen-bond acceptors (Lipinski definition) is 13. The molecule has 0 aliphatic carbocycles. The van der Waals surface area contributed by atoms with Crippen LogP contribution in [-0.4, -0.2) is 132 Å². The highest BCUT2D eigenvalue weighted by Crippen LogP contribution is 2.37. The summed E-state index contributed by atoms with van der Waals surface area (Å²) >= 11 is 0. The van der Waals surface area contributed by atoms with Gasteiger partial charge in [-0.2, -0.15) is 0 Å². The number of oxime groups is 1. The van der Waals surface area contributed by atoms with Crippen LogP contribution in [0.25, 0.3) is 0 Å². The molecule has 280 valence electrons. The van der Waals surface area contributed by atoms with Gasteiger partial charge >= 0.3 is 5.97 Å². The van der Waals surface area contributed by atoms with Crippen LogP contribution in [0.15, 0.2) is 5.16 Å². The molecule has 0 saturated carbocycles. The standard InChI is InChI=1S/C36H61N3O10/c1-11-13-18-39(9)27-19-21(3)46-34(30(27)41)48-32-23(5)29(40)24(6)33(43)47-28(12-2)36(8,44)31(42)22(4)26(14-16-35(32,7)45-10)38-49-25-15-17-37-20-25/h1,21-25,27-28,30-32,34,37,41-42,44H,12-20H2,2-10H3/b38-26+/t21-,22+,23+,24-,25-,27+,28-,30-,31-,32-,34+,35-,36-/m1/s1. The molecule has 3 aliphatic heterocycles. The van der Waals surface area contributed by atoms with Gasteiger partial charge in [-0.05, 0) is 67.0 Å². The van der Waals surface area contributed by atoms with E-state index in [2.05, 4.69) is 16.4 Å². The van der Waals surface area contributed by atoms with Gasteiger partial charge in [0.1, 0.15) is 29.8 Å². The van der Waals surface area contributed by atoms with Gasteiger partial charge in [-0.3, -0.25) is 14.5 Å². The van der Waals surface area contributed by atoms with Crippen molar-refractivity contribution in [3.8, 4) is 12.3 Å². The Morgan fingerprint density at radius 1 is 1.16 bits per heavy atom. The van der Waals surface area contributed by atoms with E-state index in [0.717, 1.165) is 13.0 Å². The summed E-state index contributed by atoms with van der Waals surface area (Å²) in [6.07, 6.45) is 1.85. The number of aliphatic hydroxyl groups is 3.